The summed E-state index contributed by atoms with van der Waals surface area (Å²) >= 11 is 5.86. The molecule has 0 bridgehead atoms. The largest absolute Gasteiger partial charge is 0.484 e. The fourth-order valence-corrected chi connectivity index (χ4v) is 3.37. The molecule has 3 aromatic carbocycles. The number of carbonyl (C=O) groups excluding carboxylic acids is 2. The summed E-state index contributed by atoms with van der Waals surface area (Å²) in [5, 5.41) is 8.23. The van der Waals surface area contributed by atoms with E-state index in [9.17, 15) is 21.9 Å². The second-order valence-electron chi connectivity index (χ2n) is 6.76. The van der Waals surface area contributed by atoms with Gasteiger partial charge in [-0.25, -0.2) is 4.79 Å². The van der Waals surface area contributed by atoms with Gasteiger partial charge in [-0.1, -0.05) is 35.9 Å². The predicted octanol–water partition coefficient (Wildman–Crippen LogP) is 4.34. The second kappa shape index (κ2) is 10.8. The molecule has 0 aromatic heterocycles. The normalized spacial score (nSPS) is 10.8. The molecular formula is C22H19ClFN3O5S. The van der Waals surface area contributed by atoms with Gasteiger partial charge < -0.3 is 20.7 Å². The van der Waals surface area contributed by atoms with Crippen LogP contribution in [-0.2, 0) is 21.6 Å². The molecule has 172 valence electrons. The zero-order valence-electron chi connectivity index (χ0n) is 17.0. The fraction of sp³-hybridized carbons (Fsp3) is 0.0909. The zero-order valence-corrected chi connectivity index (χ0v) is 18.6. The number of amides is 3. The number of urea groups is 1. The minimum Gasteiger partial charge on any atom is -0.484 e. The van der Waals surface area contributed by atoms with Crippen molar-refractivity contribution in [2.45, 2.75) is 11.4 Å². The van der Waals surface area contributed by atoms with Crippen molar-refractivity contribution in [3.63, 3.8) is 0 Å². The second-order valence-corrected chi connectivity index (χ2v) is 8.55. The average molecular weight is 492 g/mol. The number of halogens is 2. The van der Waals surface area contributed by atoms with E-state index < -0.39 is 21.1 Å². The minimum atomic E-state index is -4.87. The van der Waals surface area contributed by atoms with Crippen LogP contribution in [0.15, 0.2) is 77.7 Å². The van der Waals surface area contributed by atoms with Crippen LogP contribution in [0.2, 0.25) is 5.02 Å². The summed E-state index contributed by atoms with van der Waals surface area (Å²) < 4.78 is 40.4. The molecule has 0 aliphatic heterocycles. The van der Waals surface area contributed by atoms with Gasteiger partial charge in [-0.05, 0) is 54.1 Å². The van der Waals surface area contributed by atoms with E-state index in [0.717, 1.165) is 17.7 Å². The van der Waals surface area contributed by atoms with E-state index >= 15 is 0 Å². The number of carbonyl (C=O) groups is 2. The third kappa shape index (κ3) is 7.78. The Kier molecular flexibility index (Phi) is 7.86. The maximum atomic E-state index is 13.1. The molecular weight excluding hydrogens is 473 g/mol. The third-order valence-corrected chi connectivity index (χ3v) is 5.29. The number of hydrogen-bond donors (Lipinski definition) is 3. The van der Waals surface area contributed by atoms with Gasteiger partial charge in [-0.2, -0.15) is 8.42 Å². The lowest BCUT2D eigenvalue weighted by Gasteiger charge is -2.10. The molecule has 0 unspecified atom stereocenters. The molecule has 0 fully saturated rings. The summed E-state index contributed by atoms with van der Waals surface area (Å²) in [7, 11) is -4.87. The molecule has 0 saturated carbocycles. The van der Waals surface area contributed by atoms with Crippen LogP contribution in [0.25, 0.3) is 0 Å². The number of benzene rings is 3. The molecule has 8 nitrogen and oxygen atoms in total. The highest BCUT2D eigenvalue weighted by Gasteiger charge is 2.13. The van der Waals surface area contributed by atoms with Gasteiger partial charge in [-0.3, -0.25) is 4.79 Å². The lowest BCUT2D eigenvalue weighted by molar-refractivity contribution is -0.123. The quantitative estimate of drug-likeness (QED) is 0.406. The zero-order chi connectivity index (χ0) is 23.8. The monoisotopic (exact) mass is 491 g/mol. The Labute approximate surface area is 194 Å². The van der Waals surface area contributed by atoms with Gasteiger partial charge in [0.2, 0.25) is 0 Å². The molecule has 3 rings (SSSR count). The number of rotatable bonds is 8. The van der Waals surface area contributed by atoms with Crippen molar-refractivity contribution in [1.82, 2.24) is 5.32 Å². The van der Waals surface area contributed by atoms with Crippen molar-refractivity contribution in [3.8, 4) is 5.75 Å². The average Bonchev–Trinajstić information content (AvgIpc) is 2.77. The van der Waals surface area contributed by atoms with Crippen molar-refractivity contribution in [2.24, 2.45) is 0 Å². The van der Waals surface area contributed by atoms with Crippen LogP contribution in [-0.4, -0.2) is 27.0 Å². The smallest absolute Gasteiger partial charge is 0.332 e. The first-order valence-electron chi connectivity index (χ1n) is 9.56. The van der Waals surface area contributed by atoms with Crippen LogP contribution in [0.1, 0.15) is 5.56 Å². The number of hydrogen-bond acceptors (Lipinski definition) is 5. The summed E-state index contributed by atoms with van der Waals surface area (Å²) in [6.45, 7) is 0.0970. The van der Waals surface area contributed by atoms with Crippen LogP contribution < -0.4 is 20.7 Å². The first-order chi connectivity index (χ1) is 15.7. The maximum Gasteiger partial charge on any atom is 0.332 e. The maximum absolute atomic E-state index is 13.1. The van der Waals surface area contributed by atoms with E-state index in [1.165, 1.54) is 12.1 Å². The Bertz CT molecular complexity index is 1250. The first kappa shape index (κ1) is 24.0. The summed E-state index contributed by atoms with van der Waals surface area (Å²) in [6, 6.07) is 17.6. The van der Waals surface area contributed by atoms with Gasteiger partial charge in [0.05, 0.1) is 0 Å². The SMILES string of the molecule is O=C(COc1cccc(Cl)c1)NCc1ccc(NC(=O)Nc2cccc(S(=O)(=O)F)c2)cc1. The van der Waals surface area contributed by atoms with Crippen LogP contribution >= 0.6 is 11.6 Å². The Morgan fingerprint density at radius 1 is 0.909 bits per heavy atom. The van der Waals surface area contributed by atoms with E-state index in [1.54, 1.807) is 48.5 Å². The lowest BCUT2D eigenvalue weighted by atomic mass is 10.2. The van der Waals surface area contributed by atoms with Gasteiger partial charge >= 0.3 is 16.3 Å². The lowest BCUT2D eigenvalue weighted by Crippen LogP contribution is -2.28. The van der Waals surface area contributed by atoms with Crippen molar-refractivity contribution in [3.05, 3.63) is 83.4 Å². The van der Waals surface area contributed by atoms with E-state index in [-0.39, 0.29) is 24.7 Å². The minimum absolute atomic E-state index is 0.116. The van der Waals surface area contributed by atoms with Crippen LogP contribution in [0.4, 0.5) is 20.1 Å². The van der Waals surface area contributed by atoms with Crippen LogP contribution in [0.5, 0.6) is 5.75 Å². The molecule has 0 aliphatic rings. The molecule has 0 aliphatic carbocycles. The van der Waals surface area contributed by atoms with Crippen LogP contribution in [0, 0.1) is 0 Å². The fourth-order valence-electron chi connectivity index (χ4n) is 2.68. The van der Waals surface area contributed by atoms with Crippen LogP contribution in [0.3, 0.4) is 0 Å². The van der Waals surface area contributed by atoms with Crippen molar-refractivity contribution >= 4 is 45.1 Å². The highest BCUT2D eigenvalue weighted by Crippen LogP contribution is 2.18. The standard InChI is InChI=1S/C22H19ClFN3O5S/c23-16-3-1-5-19(11-16)32-14-21(28)25-13-15-7-9-17(10-8-15)26-22(29)27-18-4-2-6-20(12-18)33(24,30)31/h1-12H,13-14H2,(H,25,28)(H2,26,27,29). The van der Waals surface area contributed by atoms with Crippen molar-refractivity contribution < 1.29 is 26.6 Å². The highest BCUT2D eigenvalue weighted by atomic mass is 35.5. The molecule has 33 heavy (non-hydrogen) atoms. The Hall–Kier alpha value is -3.63. The van der Waals surface area contributed by atoms with Gasteiger partial charge in [0.15, 0.2) is 6.61 Å². The topological polar surface area (TPSA) is 114 Å². The van der Waals surface area contributed by atoms with Gasteiger partial charge in [0, 0.05) is 22.9 Å². The van der Waals surface area contributed by atoms with E-state index in [2.05, 4.69) is 16.0 Å². The number of ether oxygens (including phenoxy) is 1. The Morgan fingerprint density at radius 3 is 2.30 bits per heavy atom. The summed E-state index contributed by atoms with van der Waals surface area (Å²) in [4.78, 5) is 23.5. The Balaban J connectivity index is 1.46. The molecule has 3 N–H and O–H groups in total. The third-order valence-electron chi connectivity index (χ3n) is 4.24. The van der Waals surface area contributed by atoms with E-state index in [4.69, 9.17) is 16.3 Å². The predicted molar refractivity (Wildman–Crippen MR) is 123 cm³/mol. The van der Waals surface area contributed by atoms with Crippen molar-refractivity contribution in [1.29, 1.82) is 0 Å². The summed E-state index contributed by atoms with van der Waals surface area (Å²) in [5.74, 6) is 0.179. The molecule has 3 aromatic rings. The molecule has 3 amide bonds. The molecule has 0 radical (unpaired) electrons. The van der Waals surface area contributed by atoms with Gasteiger partial charge in [0.1, 0.15) is 10.6 Å². The molecule has 0 spiro atoms. The molecule has 0 saturated heterocycles. The molecule has 0 atom stereocenters. The van der Waals surface area contributed by atoms with Crippen molar-refractivity contribution in [2.75, 3.05) is 17.2 Å². The molecule has 0 heterocycles. The molecule has 11 heteroatoms. The van der Waals surface area contributed by atoms with Gasteiger partial charge in [-0.15, -0.1) is 3.89 Å². The number of nitrogens with one attached hydrogen (secondary N) is 3. The summed E-state index contributed by atoms with van der Waals surface area (Å²) in [5.41, 5.74) is 1.37. The number of anilines is 2. The first-order valence-corrected chi connectivity index (χ1v) is 11.3. The Morgan fingerprint density at radius 2 is 1.61 bits per heavy atom. The van der Waals surface area contributed by atoms with E-state index in [0.29, 0.717) is 16.5 Å². The van der Waals surface area contributed by atoms with Gasteiger partial charge in [0.25, 0.3) is 5.91 Å². The highest BCUT2D eigenvalue weighted by molar-refractivity contribution is 7.86. The van der Waals surface area contributed by atoms with E-state index in [1.807, 2.05) is 0 Å². The summed E-state index contributed by atoms with van der Waals surface area (Å²) in [6.07, 6.45) is 0.